The van der Waals surface area contributed by atoms with E-state index in [0.717, 1.165) is 25.4 Å². The van der Waals surface area contributed by atoms with Gasteiger partial charge in [0, 0.05) is 26.2 Å². The van der Waals surface area contributed by atoms with Crippen LogP contribution < -0.4 is 5.32 Å². The summed E-state index contributed by atoms with van der Waals surface area (Å²) in [5, 5.41) is 7.70. The summed E-state index contributed by atoms with van der Waals surface area (Å²) in [6.45, 7) is 6.55. The summed E-state index contributed by atoms with van der Waals surface area (Å²) >= 11 is 0. The van der Waals surface area contributed by atoms with Crippen molar-refractivity contribution in [2.75, 3.05) is 13.1 Å². The third-order valence-electron chi connectivity index (χ3n) is 1.88. The van der Waals surface area contributed by atoms with Crippen LogP contribution in [0.3, 0.4) is 0 Å². The van der Waals surface area contributed by atoms with Crippen molar-refractivity contribution in [3.05, 3.63) is 18.0 Å². The quantitative estimate of drug-likeness (QED) is 0.692. The normalized spacial score (nSPS) is 11.1. The molecule has 0 saturated carbocycles. The van der Waals surface area contributed by atoms with Crippen LogP contribution in [0, 0.1) is 5.92 Å². The standard InChI is InChI=1S/C10H19N3/c1-9(2)8-11-6-4-10-5-7-13(3)12-10/h5,7,9,11H,4,6,8H2,1-3H3. The van der Waals surface area contributed by atoms with E-state index in [2.05, 4.69) is 30.3 Å². The Morgan fingerprint density at radius 1 is 1.54 bits per heavy atom. The van der Waals surface area contributed by atoms with Crippen molar-refractivity contribution in [3.8, 4) is 0 Å². The van der Waals surface area contributed by atoms with E-state index in [4.69, 9.17) is 0 Å². The molecule has 0 amide bonds. The molecule has 3 nitrogen and oxygen atoms in total. The van der Waals surface area contributed by atoms with Gasteiger partial charge in [0.2, 0.25) is 0 Å². The van der Waals surface area contributed by atoms with Gasteiger partial charge >= 0.3 is 0 Å². The fourth-order valence-corrected chi connectivity index (χ4v) is 1.20. The van der Waals surface area contributed by atoms with Gasteiger partial charge in [-0.05, 0) is 18.5 Å². The second kappa shape index (κ2) is 5.02. The van der Waals surface area contributed by atoms with E-state index >= 15 is 0 Å². The molecular weight excluding hydrogens is 162 g/mol. The molecule has 1 aromatic heterocycles. The molecule has 0 atom stereocenters. The maximum atomic E-state index is 4.30. The monoisotopic (exact) mass is 181 g/mol. The Labute approximate surface area is 80.1 Å². The largest absolute Gasteiger partial charge is 0.316 e. The van der Waals surface area contributed by atoms with E-state index in [-0.39, 0.29) is 0 Å². The van der Waals surface area contributed by atoms with Gasteiger partial charge in [-0.25, -0.2) is 0 Å². The lowest BCUT2D eigenvalue weighted by Gasteiger charge is -2.05. The van der Waals surface area contributed by atoms with E-state index in [1.165, 1.54) is 5.69 Å². The predicted octanol–water partition coefficient (Wildman–Crippen LogP) is 1.21. The molecule has 1 aromatic rings. The summed E-state index contributed by atoms with van der Waals surface area (Å²) in [6, 6.07) is 2.07. The zero-order valence-corrected chi connectivity index (χ0v) is 8.75. The van der Waals surface area contributed by atoms with Crippen LogP contribution in [0.2, 0.25) is 0 Å². The van der Waals surface area contributed by atoms with Gasteiger partial charge in [-0.2, -0.15) is 5.10 Å². The Hall–Kier alpha value is -0.830. The summed E-state index contributed by atoms with van der Waals surface area (Å²) in [5.41, 5.74) is 1.17. The third-order valence-corrected chi connectivity index (χ3v) is 1.88. The van der Waals surface area contributed by atoms with E-state index < -0.39 is 0 Å². The van der Waals surface area contributed by atoms with Crippen LogP contribution in [0.4, 0.5) is 0 Å². The van der Waals surface area contributed by atoms with Gasteiger partial charge < -0.3 is 5.32 Å². The minimum Gasteiger partial charge on any atom is -0.316 e. The molecule has 0 fully saturated rings. The van der Waals surface area contributed by atoms with Gasteiger partial charge in [0.15, 0.2) is 0 Å². The summed E-state index contributed by atoms with van der Waals surface area (Å²) in [4.78, 5) is 0. The van der Waals surface area contributed by atoms with Crippen molar-refractivity contribution in [3.63, 3.8) is 0 Å². The fraction of sp³-hybridized carbons (Fsp3) is 0.700. The van der Waals surface area contributed by atoms with E-state index in [0.29, 0.717) is 0 Å². The molecule has 0 aromatic carbocycles. The molecule has 13 heavy (non-hydrogen) atoms. The SMILES string of the molecule is CC(C)CNCCc1ccn(C)n1. The predicted molar refractivity (Wildman–Crippen MR) is 54.6 cm³/mol. The zero-order valence-electron chi connectivity index (χ0n) is 8.75. The van der Waals surface area contributed by atoms with Crippen molar-refractivity contribution < 1.29 is 0 Å². The van der Waals surface area contributed by atoms with Crippen LogP contribution in [0.15, 0.2) is 12.3 Å². The highest BCUT2D eigenvalue weighted by molar-refractivity contribution is 4.98. The van der Waals surface area contributed by atoms with E-state index in [1.807, 2.05) is 17.9 Å². The Balaban J connectivity index is 2.13. The van der Waals surface area contributed by atoms with Gasteiger partial charge in [0.1, 0.15) is 0 Å². The molecule has 0 spiro atoms. The first-order chi connectivity index (χ1) is 6.18. The molecule has 0 aliphatic rings. The molecule has 74 valence electrons. The number of nitrogens with one attached hydrogen (secondary N) is 1. The van der Waals surface area contributed by atoms with Crippen molar-refractivity contribution in [1.29, 1.82) is 0 Å². The van der Waals surface area contributed by atoms with Gasteiger partial charge in [0.05, 0.1) is 5.69 Å². The lowest BCUT2D eigenvalue weighted by atomic mass is 10.2. The first-order valence-electron chi connectivity index (χ1n) is 4.87. The van der Waals surface area contributed by atoms with Gasteiger partial charge in [-0.3, -0.25) is 4.68 Å². The molecule has 0 aliphatic carbocycles. The highest BCUT2D eigenvalue weighted by atomic mass is 15.2. The molecule has 0 saturated heterocycles. The average molecular weight is 181 g/mol. The highest BCUT2D eigenvalue weighted by Crippen LogP contribution is 1.94. The average Bonchev–Trinajstić information content (AvgIpc) is 2.45. The Morgan fingerprint density at radius 3 is 2.85 bits per heavy atom. The lowest BCUT2D eigenvalue weighted by Crippen LogP contribution is -2.22. The number of nitrogens with zero attached hydrogens (tertiary/aromatic N) is 2. The zero-order chi connectivity index (χ0) is 9.68. The first kappa shape index (κ1) is 10.3. The molecular formula is C10H19N3. The minimum atomic E-state index is 0.726. The van der Waals surface area contributed by atoms with Crippen LogP contribution in [0.25, 0.3) is 0 Å². The molecule has 0 bridgehead atoms. The van der Waals surface area contributed by atoms with E-state index in [9.17, 15) is 0 Å². The third kappa shape index (κ3) is 4.08. The van der Waals surface area contributed by atoms with Crippen LogP contribution in [0.1, 0.15) is 19.5 Å². The van der Waals surface area contributed by atoms with Crippen molar-refractivity contribution >= 4 is 0 Å². The number of aryl methyl sites for hydroxylation is 1. The number of hydrogen-bond donors (Lipinski definition) is 1. The molecule has 0 radical (unpaired) electrons. The van der Waals surface area contributed by atoms with Gasteiger partial charge in [-0.1, -0.05) is 13.8 Å². The minimum absolute atomic E-state index is 0.726. The first-order valence-corrected chi connectivity index (χ1v) is 4.87. The number of hydrogen-bond acceptors (Lipinski definition) is 2. The molecule has 1 N–H and O–H groups in total. The summed E-state index contributed by atoms with van der Waals surface area (Å²) in [6.07, 6.45) is 3.01. The topological polar surface area (TPSA) is 29.9 Å². The summed E-state index contributed by atoms with van der Waals surface area (Å²) < 4.78 is 1.85. The van der Waals surface area contributed by atoms with Crippen molar-refractivity contribution in [1.82, 2.24) is 15.1 Å². The van der Waals surface area contributed by atoms with Crippen molar-refractivity contribution in [2.24, 2.45) is 13.0 Å². The maximum absolute atomic E-state index is 4.30. The molecule has 0 unspecified atom stereocenters. The molecule has 1 rings (SSSR count). The number of aromatic nitrogens is 2. The molecule has 0 aliphatic heterocycles. The molecule has 3 heteroatoms. The maximum Gasteiger partial charge on any atom is 0.0637 e. The van der Waals surface area contributed by atoms with Crippen molar-refractivity contribution in [2.45, 2.75) is 20.3 Å². The van der Waals surface area contributed by atoms with E-state index in [1.54, 1.807) is 0 Å². The van der Waals surface area contributed by atoms with Crippen LogP contribution in [0.5, 0.6) is 0 Å². The second-order valence-electron chi connectivity index (χ2n) is 3.83. The Bertz CT molecular complexity index is 240. The van der Waals surface area contributed by atoms with Gasteiger partial charge in [-0.15, -0.1) is 0 Å². The Morgan fingerprint density at radius 2 is 2.31 bits per heavy atom. The van der Waals surface area contributed by atoms with Crippen LogP contribution in [-0.4, -0.2) is 22.9 Å². The lowest BCUT2D eigenvalue weighted by molar-refractivity contribution is 0.551. The number of rotatable bonds is 5. The van der Waals surface area contributed by atoms with Crippen LogP contribution >= 0.6 is 0 Å². The summed E-state index contributed by atoms with van der Waals surface area (Å²) in [7, 11) is 1.95. The van der Waals surface area contributed by atoms with Gasteiger partial charge in [0.25, 0.3) is 0 Å². The Kier molecular flexibility index (Phi) is 3.96. The molecule has 1 heterocycles. The smallest absolute Gasteiger partial charge is 0.0637 e. The summed E-state index contributed by atoms with van der Waals surface area (Å²) in [5.74, 6) is 0.726. The highest BCUT2D eigenvalue weighted by Gasteiger charge is 1.96. The second-order valence-corrected chi connectivity index (χ2v) is 3.83. The fourth-order valence-electron chi connectivity index (χ4n) is 1.20. The van der Waals surface area contributed by atoms with Crippen LogP contribution in [-0.2, 0) is 13.5 Å².